The van der Waals surface area contributed by atoms with E-state index in [0.29, 0.717) is 12.5 Å². The predicted molar refractivity (Wildman–Crippen MR) is 84.9 cm³/mol. The molecule has 19 heavy (non-hydrogen) atoms. The van der Waals surface area contributed by atoms with Crippen molar-refractivity contribution in [2.75, 3.05) is 31.1 Å². The monoisotopic (exact) mass is 287 g/mol. The summed E-state index contributed by atoms with van der Waals surface area (Å²) >= 11 is 1.81. The van der Waals surface area contributed by atoms with Crippen molar-refractivity contribution < 1.29 is 5.11 Å². The average Bonchev–Trinajstić information content (AvgIpc) is 2.84. The van der Waals surface area contributed by atoms with Gasteiger partial charge in [-0.2, -0.15) is 11.8 Å². The molecule has 1 unspecified atom stereocenters. The Hall–Kier alpha value is -0.420. The Bertz CT molecular complexity index is 274. The fraction of sp³-hybridized carbons (Fsp3) is 0.929. The van der Waals surface area contributed by atoms with E-state index in [1.165, 1.54) is 12.8 Å². The highest BCUT2D eigenvalue weighted by Gasteiger charge is 2.31. The van der Waals surface area contributed by atoms with Crippen molar-refractivity contribution in [2.45, 2.75) is 45.6 Å². The maximum Gasteiger partial charge on any atom is 0.191 e. The van der Waals surface area contributed by atoms with E-state index in [1.807, 2.05) is 11.8 Å². The van der Waals surface area contributed by atoms with E-state index in [1.54, 1.807) is 0 Å². The van der Waals surface area contributed by atoms with Crippen LogP contribution in [0, 0.1) is 5.92 Å². The van der Waals surface area contributed by atoms with Crippen molar-refractivity contribution in [1.82, 2.24) is 10.6 Å². The van der Waals surface area contributed by atoms with Crippen LogP contribution in [0.1, 0.15) is 40.0 Å². The van der Waals surface area contributed by atoms with Gasteiger partial charge in [-0.3, -0.25) is 4.99 Å². The largest absolute Gasteiger partial charge is 0.387 e. The number of guanidine groups is 1. The minimum Gasteiger partial charge on any atom is -0.387 e. The van der Waals surface area contributed by atoms with Crippen molar-refractivity contribution in [2.24, 2.45) is 10.9 Å². The average molecular weight is 287 g/mol. The molecule has 0 saturated carbocycles. The summed E-state index contributed by atoms with van der Waals surface area (Å²) in [6, 6.07) is 0. The van der Waals surface area contributed by atoms with Crippen molar-refractivity contribution in [3.63, 3.8) is 0 Å². The Kier molecular flexibility index (Phi) is 7.61. The summed E-state index contributed by atoms with van der Waals surface area (Å²) in [5.74, 6) is 3.38. The Morgan fingerprint density at radius 1 is 1.32 bits per heavy atom. The summed E-state index contributed by atoms with van der Waals surface area (Å²) in [6.07, 6.45) is 3.22. The van der Waals surface area contributed by atoms with Gasteiger partial charge in [-0.1, -0.05) is 26.7 Å². The second-order valence-electron chi connectivity index (χ2n) is 5.29. The lowest BCUT2D eigenvalue weighted by atomic mass is 10.0. The van der Waals surface area contributed by atoms with Crippen LogP contribution < -0.4 is 10.6 Å². The van der Waals surface area contributed by atoms with Crippen LogP contribution >= 0.6 is 11.8 Å². The van der Waals surface area contributed by atoms with Crippen LogP contribution in [0.3, 0.4) is 0 Å². The third-order valence-corrected chi connectivity index (χ3v) is 4.91. The molecule has 0 aliphatic carbocycles. The number of aliphatic hydroxyl groups is 1. The molecule has 1 fully saturated rings. The summed E-state index contributed by atoms with van der Waals surface area (Å²) < 4.78 is 0. The molecule has 0 amide bonds. The van der Waals surface area contributed by atoms with Crippen LogP contribution in [0.2, 0.25) is 0 Å². The number of nitrogens with zero attached hydrogens (tertiary/aromatic N) is 1. The molecule has 0 radical (unpaired) electrons. The highest BCUT2D eigenvalue weighted by atomic mass is 32.2. The molecule has 3 N–H and O–H groups in total. The maximum absolute atomic E-state index is 10.3. The fourth-order valence-electron chi connectivity index (χ4n) is 2.11. The van der Waals surface area contributed by atoms with E-state index in [4.69, 9.17) is 0 Å². The van der Waals surface area contributed by atoms with Gasteiger partial charge in [-0.25, -0.2) is 0 Å². The van der Waals surface area contributed by atoms with Gasteiger partial charge in [0.05, 0.1) is 12.1 Å². The van der Waals surface area contributed by atoms with Gasteiger partial charge in [0.2, 0.25) is 0 Å². The van der Waals surface area contributed by atoms with Crippen LogP contribution in [-0.2, 0) is 0 Å². The molecule has 5 heteroatoms. The molecule has 1 atom stereocenters. The Morgan fingerprint density at radius 3 is 2.58 bits per heavy atom. The van der Waals surface area contributed by atoms with Crippen molar-refractivity contribution in [3.8, 4) is 0 Å². The number of nitrogens with one attached hydrogen (secondary N) is 2. The second kappa shape index (κ2) is 8.69. The topological polar surface area (TPSA) is 56.7 Å². The second-order valence-corrected chi connectivity index (χ2v) is 6.39. The Balaban J connectivity index is 2.45. The lowest BCUT2D eigenvalue weighted by molar-refractivity contribution is 0.0778. The highest BCUT2D eigenvalue weighted by molar-refractivity contribution is 7.99. The first-order valence-corrected chi connectivity index (χ1v) is 8.61. The van der Waals surface area contributed by atoms with E-state index in [2.05, 4.69) is 36.4 Å². The molecule has 0 bridgehead atoms. The zero-order valence-electron chi connectivity index (χ0n) is 12.5. The van der Waals surface area contributed by atoms with E-state index in [9.17, 15) is 5.11 Å². The van der Waals surface area contributed by atoms with Crippen molar-refractivity contribution in [1.29, 1.82) is 0 Å². The number of thioether (sulfide) groups is 1. The van der Waals surface area contributed by atoms with Crippen LogP contribution in [0.15, 0.2) is 4.99 Å². The summed E-state index contributed by atoms with van der Waals surface area (Å²) in [4.78, 5) is 4.54. The third-order valence-electron chi connectivity index (χ3n) is 3.67. The van der Waals surface area contributed by atoms with E-state index < -0.39 is 5.60 Å². The summed E-state index contributed by atoms with van der Waals surface area (Å²) in [5.41, 5.74) is -0.595. The molecular weight excluding hydrogens is 258 g/mol. The molecule has 1 aliphatic heterocycles. The minimum absolute atomic E-state index is 0.498. The minimum atomic E-state index is -0.595. The summed E-state index contributed by atoms with van der Waals surface area (Å²) in [5, 5.41) is 16.9. The van der Waals surface area contributed by atoms with E-state index in [0.717, 1.165) is 37.0 Å². The molecule has 112 valence electrons. The Morgan fingerprint density at radius 2 is 2.05 bits per heavy atom. The third kappa shape index (κ3) is 6.04. The zero-order valence-corrected chi connectivity index (χ0v) is 13.4. The molecule has 0 aromatic carbocycles. The molecule has 4 nitrogen and oxygen atoms in total. The van der Waals surface area contributed by atoms with E-state index >= 15 is 0 Å². The SMILES string of the molecule is CCNC(=NCC1(O)CCSC1)NCC(CC)CC. The molecule has 0 aromatic rings. The fourth-order valence-corrected chi connectivity index (χ4v) is 3.39. The molecule has 1 aliphatic rings. The first-order chi connectivity index (χ1) is 9.13. The number of hydrogen-bond donors (Lipinski definition) is 3. The number of hydrogen-bond acceptors (Lipinski definition) is 3. The number of rotatable bonds is 7. The quantitative estimate of drug-likeness (QED) is 0.494. The lowest BCUT2D eigenvalue weighted by Crippen LogP contribution is -2.41. The first-order valence-electron chi connectivity index (χ1n) is 7.45. The van der Waals surface area contributed by atoms with Crippen molar-refractivity contribution in [3.05, 3.63) is 0 Å². The molecule has 1 saturated heterocycles. The van der Waals surface area contributed by atoms with Gasteiger partial charge in [0.25, 0.3) is 0 Å². The van der Waals surface area contributed by atoms with Gasteiger partial charge >= 0.3 is 0 Å². The maximum atomic E-state index is 10.3. The van der Waals surface area contributed by atoms with Crippen LogP contribution in [0.25, 0.3) is 0 Å². The molecule has 1 heterocycles. The first kappa shape index (κ1) is 16.6. The van der Waals surface area contributed by atoms with Gasteiger partial charge < -0.3 is 15.7 Å². The van der Waals surface area contributed by atoms with Crippen LogP contribution in [0.5, 0.6) is 0 Å². The summed E-state index contributed by atoms with van der Waals surface area (Å²) in [7, 11) is 0. The molecular formula is C14H29N3OS. The van der Waals surface area contributed by atoms with Gasteiger partial charge in [0, 0.05) is 18.8 Å². The highest BCUT2D eigenvalue weighted by Crippen LogP contribution is 2.27. The molecule has 0 spiro atoms. The van der Waals surface area contributed by atoms with Crippen LogP contribution in [0.4, 0.5) is 0 Å². The number of aliphatic imine (C=N–C) groups is 1. The van der Waals surface area contributed by atoms with E-state index in [-0.39, 0.29) is 0 Å². The zero-order chi connectivity index (χ0) is 14.1. The Labute approximate surface area is 121 Å². The van der Waals surface area contributed by atoms with Crippen molar-refractivity contribution >= 4 is 17.7 Å². The van der Waals surface area contributed by atoms with Crippen LogP contribution in [-0.4, -0.2) is 47.8 Å². The normalized spacial score (nSPS) is 23.9. The van der Waals surface area contributed by atoms with Gasteiger partial charge in [-0.05, 0) is 25.0 Å². The molecule has 0 aromatic heterocycles. The molecule has 1 rings (SSSR count). The predicted octanol–water partition coefficient (Wildman–Crippen LogP) is 1.85. The lowest BCUT2D eigenvalue weighted by Gasteiger charge is -2.21. The smallest absolute Gasteiger partial charge is 0.191 e. The summed E-state index contributed by atoms with van der Waals surface area (Å²) in [6.45, 7) is 8.80. The standard InChI is InChI=1S/C14H29N3OS/c1-4-12(5-2)9-16-13(15-6-3)17-10-14(18)7-8-19-11-14/h12,18H,4-11H2,1-3H3,(H2,15,16,17). The van der Waals surface area contributed by atoms with Gasteiger partial charge in [0.1, 0.15) is 0 Å². The van der Waals surface area contributed by atoms with Gasteiger partial charge in [0.15, 0.2) is 5.96 Å². The van der Waals surface area contributed by atoms with Gasteiger partial charge in [-0.15, -0.1) is 0 Å².